The predicted molar refractivity (Wildman–Crippen MR) is 63.7 cm³/mol. The number of carbonyl (C=O) groups excluding carboxylic acids is 1. The molecule has 0 spiro atoms. The highest BCUT2D eigenvalue weighted by atomic mass is 16.2. The molecule has 1 unspecified atom stereocenters. The van der Waals surface area contributed by atoms with Gasteiger partial charge in [0.2, 0.25) is 0 Å². The number of aromatic nitrogens is 2. The number of fused-ring (bicyclic) bond motifs is 1. The van der Waals surface area contributed by atoms with Crippen molar-refractivity contribution in [3.63, 3.8) is 0 Å². The standard InChI is InChI=1S/C13H13N3O/c1-8-10-7-11(9-5-3-2-4-6-9)14-13(17)12(10)16-15-8/h2-6,11H,7H2,1H3,(H,14,17)(H,15,16). The number of rotatable bonds is 1. The molecular formula is C13H13N3O. The van der Waals surface area contributed by atoms with Gasteiger partial charge < -0.3 is 5.32 Å². The van der Waals surface area contributed by atoms with Gasteiger partial charge in [0.25, 0.3) is 5.91 Å². The SMILES string of the molecule is Cc1[nH]nc2c1CC(c1ccccc1)NC2=O. The Kier molecular flexibility index (Phi) is 2.21. The number of amides is 1. The molecule has 0 fully saturated rings. The van der Waals surface area contributed by atoms with Crippen molar-refractivity contribution in [2.24, 2.45) is 0 Å². The third kappa shape index (κ3) is 1.62. The van der Waals surface area contributed by atoms with E-state index in [-0.39, 0.29) is 11.9 Å². The van der Waals surface area contributed by atoms with Gasteiger partial charge >= 0.3 is 0 Å². The fourth-order valence-electron chi connectivity index (χ4n) is 2.26. The average Bonchev–Trinajstić information content (AvgIpc) is 2.73. The van der Waals surface area contributed by atoms with Gasteiger partial charge in [-0.3, -0.25) is 9.89 Å². The van der Waals surface area contributed by atoms with Crippen LogP contribution in [0.2, 0.25) is 0 Å². The molecular weight excluding hydrogens is 214 g/mol. The second kappa shape index (κ2) is 3.73. The zero-order chi connectivity index (χ0) is 11.8. The molecule has 0 saturated heterocycles. The monoisotopic (exact) mass is 227 g/mol. The van der Waals surface area contributed by atoms with Gasteiger partial charge in [-0.1, -0.05) is 30.3 Å². The lowest BCUT2D eigenvalue weighted by atomic mass is 9.94. The first-order valence-corrected chi connectivity index (χ1v) is 5.65. The first-order chi connectivity index (χ1) is 8.25. The molecule has 0 saturated carbocycles. The molecule has 17 heavy (non-hydrogen) atoms. The van der Waals surface area contributed by atoms with Gasteiger partial charge in [-0.2, -0.15) is 5.10 Å². The molecule has 1 aliphatic heterocycles. The van der Waals surface area contributed by atoms with Crippen molar-refractivity contribution in [2.45, 2.75) is 19.4 Å². The first-order valence-electron chi connectivity index (χ1n) is 5.65. The van der Waals surface area contributed by atoms with E-state index in [1.165, 1.54) is 0 Å². The van der Waals surface area contributed by atoms with E-state index in [9.17, 15) is 4.79 Å². The van der Waals surface area contributed by atoms with Gasteiger partial charge in [-0.25, -0.2) is 0 Å². The third-order valence-corrected chi connectivity index (χ3v) is 3.20. The Balaban J connectivity index is 1.99. The molecule has 3 rings (SSSR count). The van der Waals surface area contributed by atoms with Gasteiger partial charge in [0.15, 0.2) is 5.69 Å². The van der Waals surface area contributed by atoms with Crippen LogP contribution in [0, 0.1) is 6.92 Å². The molecule has 2 N–H and O–H groups in total. The summed E-state index contributed by atoms with van der Waals surface area (Å²) in [5.41, 5.74) is 3.68. The average molecular weight is 227 g/mol. The molecule has 1 atom stereocenters. The lowest BCUT2D eigenvalue weighted by Crippen LogP contribution is -2.35. The highest BCUT2D eigenvalue weighted by Gasteiger charge is 2.28. The number of nitrogens with one attached hydrogen (secondary N) is 2. The molecule has 1 aromatic heterocycles. The number of aromatic amines is 1. The summed E-state index contributed by atoms with van der Waals surface area (Å²) in [5, 5.41) is 9.88. The lowest BCUT2D eigenvalue weighted by Gasteiger charge is -2.23. The van der Waals surface area contributed by atoms with E-state index in [1.54, 1.807) is 0 Å². The van der Waals surface area contributed by atoms with Gasteiger partial charge in [-0.05, 0) is 12.5 Å². The molecule has 2 heterocycles. The van der Waals surface area contributed by atoms with Crippen LogP contribution in [0.1, 0.15) is 33.4 Å². The zero-order valence-corrected chi connectivity index (χ0v) is 9.53. The van der Waals surface area contributed by atoms with Crippen molar-refractivity contribution in [3.8, 4) is 0 Å². The van der Waals surface area contributed by atoms with Crippen LogP contribution in [0.25, 0.3) is 0 Å². The Morgan fingerprint density at radius 3 is 2.82 bits per heavy atom. The topological polar surface area (TPSA) is 57.8 Å². The van der Waals surface area contributed by atoms with Crippen molar-refractivity contribution in [1.29, 1.82) is 0 Å². The Morgan fingerprint density at radius 2 is 2.06 bits per heavy atom. The number of hydrogen-bond acceptors (Lipinski definition) is 2. The summed E-state index contributed by atoms with van der Waals surface area (Å²) >= 11 is 0. The highest BCUT2D eigenvalue weighted by molar-refractivity contribution is 5.95. The maximum atomic E-state index is 11.9. The summed E-state index contributed by atoms with van der Waals surface area (Å²) < 4.78 is 0. The van der Waals surface area contributed by atoms with Crippen LogP contribution in [-0.4, -0.2) is 16.1 Å². The van der Waals surface area contributed by atoms with Crippen LogP contribution in [0.3, 0.4) is 0 Å². The van der Waals surface area contributed by atoms with E-state index in [2.05, 4.69) is 15.5 Å². The van der Waals surface area contributed by atoms with Crippen molar-refractivity contribution in [3.05, 3.63) is 52.8 Å². The molecule has 0 radical (unpaired) electrons. The van der Waals surface area contributed by atoms with E-state index < -0.39 is 0 Å². The Morgan fingerprint density at radius 1 is 1.29 bits per heavy atom. The van der Waals surface area contributed by atoms with Gasteiger partial charge in [0, 0.05) is 17.7 Å². The van der Waals surface area contributed by atoms with Crippen molar-refractivity contribution in [2.75, 3.05) is 0 Å². The normalized spacial score (nSPS) is 18.6. The smallest absolute Gasteiger partial charge is 0.272 e. The maximum absolute atomic E-state index is 11.9. The summed E-state index contributed by atoms with van der Waals surface area (Å²) in [4.78, 5) is 11.9. The van der Waals surface area contributed by atoms with Crippen molar-refractivity contribution >= 4 is 5.91 Å². The largest absolute Gasteiger partial charge is 0.343 e. The van der Waals surface area contributed by atoms with Crippen LogP contribution >= 0.6 is 0 Å². The molecule has 0 bridgehead atoms. The molecule has 1 amide bonds. The molecule has 0 aliphatic carbocycles. The fourth-order valence-corrected chi connectivity index (χ4v) is 2.26. The molecule has 2 aromatic rings. The third-order valence-electron chi connectivity index (χ3n) is 3.20. The van der Waals surface area contributed by atoms with E-state index in [0.717, 1.165) is 23.2 Å². The number of hydrogen-bond donors (Lipinski definition) is 2. The second-order valence-corrected chi connectivity index (χ2v) is 4.32. The number of carbonyl (C=O) groups is 1. The van der Waals surface area contributed by atoms with E-state index in [0.29, 0.717) is 5.69 Å². The summed E-state index contributed by atoms with van der Waals surface area (Å²) in [6.45, 7) is 1.95. The minimum absolute atomic E-state index is 0.0486. The molecule has 86 valence electrons. The number of H-pyrrole nitrogens is 1. The minimum Gasteiger partial charge on any atom is -0.343 e. The van der Waals surface area contributed by atoms with Crippen LogP contribution in [0.5, 0.6) is 0 Å². The molecule has 4 heteroatoms. The van der Waals surface area contributed by atoms with Crippen LogP contribution < -0.4 is 5.32 Å². The Bertz CT molecular complexity index is 559. The number of aryl methyl sites for hydroxylation is 1. The van der Waals surface area contributed by atoms with Crippen molar-refractivity contribution in [1.82, 2.24) is 15.5 Å². The number of benzene rings is 1. The Hall–Kier alpha value is -2.10. The quantitative estimate of drug-likeness (QED) is 0.779. The lowest BCUT2D eigenvalue weighted by molar-refractivity contribution is 0.0920. The van der Waals surface area contributed by atoms with E-state index >= 15 is 0 Å². The van der Waals surface area contributed by atoms with Crippen LogP contribution in [-0.2, 0) is 6.42 Å². The van der Waals surface area contributed by atoms with Crippen molar-refractivity contribution < 1.29 is 4.79 Å². The zero-order valence-electron chi connectivity index (χ0n) is 9.53. The van der Waals surface area contributed by atoms with Crippen LogP contribution in [0.15, 0.2) is 30.3 Å². The van der Waals surface area contributed by atoms with E-state index in [1.807, 2.05) is 37.3 Å². The summed E-state index contributed by atoms with van der Waals surface area (Å²) in [6, 6.07) is 10.1. The molecule has 1 aliphatic rings. The Labute approximate surface area is 99.1 Å². The second-order valence-electron chi connectivity index (χ2n) is 4.32. The summed E-state index contributed by atoms with van der Waals surface area (Å²) in [5.74, 6) is -0.0931. The van der Waals surface area contributed by atoms with Gasteiger partial charge in [0.05, 0.1) is 6.04 Å². The summed E-state index contributed by atoms with van der Waals surface area (Å²) in [7, 11) is 0. The minimum atomic E-state index is -0.0931. The van der Waals surface area contributed by atoms with Crippen LogP contribution in [0.4, 0.5) is 0 Å². The van der Waals surface area contributed by atoms with Gasteiger partial charge in [-0.15, -0.1) is 0 Å². The number of nitrogens with zero attached hydrogens (tertiary/aromatic N) is 1. The molecule has 4 nitrogen and oxygen atoms in total. The predicted octanol–water partition coefficient (Wildman–Crippen LogP) is 1.75. The van der Waals surface area contributed by atoms with E-state index in [4.69, 9.17) is 0 Å². The maximum Gasteiger partial charge on any atom is 0.272 e. The fraction of sp³-hybridized carbons (Fsp3) is 0.231. The van der Waals surface area contributed by atoms with Gasteiger partial charge in [0.1, 0.15) is 0 Å². The molecule has 1 aromatic carbocycles. The highest BCUT2D eigenvalue weighted by Crippen LogP contribution is 2.26. The first kappa shape index (κ1) is 10.1. The summed E-state index contributed by atoms with van der Waals surface area (Å²) in [6.07, 6.45) is 0.799.